The number of aromatic nitrogens is 1. The Kier molecular flexibility index (Phi) is 3.56. The third-order valence-corrected chi connectivity index (χ3v) is 3.09. The van der Waals surface area contributed by atoms with E-state index in [1.54, 1.807) is 0 Å². The lowest BCUT2D eigenvalue weighted by Crippen LogP contribution is -2.26. The van der Waals surface area contributed by atoms with Crippen LogP contribution in [0.4, 0.5) is 0 Å². The Morgan fingerprint density at radius 1 is 1.40 bits per heavy atom. The number of hydrogen-bond donors (Lipinski definition) is 2. The molecule has 1 fully saturated rings. The fourth-order valence-corrected chi connectivity index (χ4v) is 2.09. The first-order chi connectivity index (χ1) is 7.34. The molecule has 0 spiro atoms. The van der Waals surface area contributed by atoms with Gasteiger partial charge in [0.15, 0.2) is 0 Å². The van der Waals surface area contributed by atoms with Gasteiger partial charge in [0.25, 0.3) is 0 Å². The van der Waals surface area contributed by atoms with Crippen molar-refractivity contribution in [1.29, 1.82) is 0 Å². The van der Waals surface area contributed by atoms with Crippen molar-refractivity contribution in [2.24, 2.45) is 5.92 Å². The van der Waals surface area contributed by atoms with Crippen LogP contribution in [0.15, 0.2) is 18.5 Å². The topological polar surface area (TPSA) is 44.9 Å². The van der Waals surface area contributed by atoms with Crippen molar-refractivity contribution in [1.82, 2.24) is 10.3 Å². The zero-order valence-electron chi connectivity index (χ0n) is 8.96. The number of hydrogen-bond acceptors (Lipinski definition) is 2. The maximum atomic E-state index is 11.0. The number of aromatic amines is 1. The summed E-state index contributed by atoms with van der Waals surface area (Å²) in [7, 11) is 0. The van der Waals surface area contributed by atoms with Crippen LogP contribution in [-0.2, 0) is 11.3 Å². The first kappa shape index (κ1) is 10.4. The highest BCUT2D eigenvalue weighted by Gasteiger charge is 2.17. The Balaban J connectivity index is 1.64. The lowest BCUT2D eigenvalue weighted by Gasteiger charge is -2.20. The molecule has 1 heterocycles. The molecule has 0 aromatic carbocycles. The average Bonchev–Trinajstić information content (AvgIpc) is 2.74. The maximum absolute atomic E-state index is 11.0. The lowest BCUT2D eigenvalue weighted by molar-refractivity contribution is -0.120. The monoisotopic (exact) mass is 206 g/mol. The molecule has 0 aliphatic heterocycles. The SMILES string of the molecule is O=C1CCC(CNCc2cc[nH]c2)CC1. The van der Waals surface area contributed by atoms with Crippen molar-refractivity contribution >= 4 is 5.78 Å². The number of carbonyl (C=O) groups excluding carboxylic acids is 1. The summed E-state index contributed by atoms with van der Waals surface area (Å²) in [5.41, 5.74) is 1.29. The average molecular weight is 206 g/mol. The van der Waals surface area contributed by atoms with E-state index in [1.165, 1.54) is 5.56 Å². The van der Waals surface area contributed by atoms with Gasteiger partial charge in [-0.2, -0.15) is 0 Å². The molecule has 0 radical (unpaired) electrons. The summed E-state index contributed by atoms with van der Waals surface area (Å²) in [5, 5.41) is 3.44. The summed E-state index contributed by atoms with van der Waals surface area (Å²) in [6.45, 7) is 1.96. The van der Waals surface area contributed by atoms with Gasteiger partial charge in [-0.1, -0.05) is 0 Å². The van der Waals surface area contributed by atoms with Crippen LogP contribution >= 0.6 is 0 Å². The van der Waals surface area contributed by atoms with Gasteiger partial charge in [0, 0.05) is 31.8 Å². The van der Waals surface area contributed by atoms with Crippen molar-refractivity contribution < 1.29 is 4.79 Å². The van der Waals surface area contributed by atoms with Crippen LogP contribution in [0.3, 0.4) is 0 Å². The predicted octanol–water partition coefficient (Wildman–Crippen LogP) is 1.86. The Bertz CT molecular complexity index is 295. The second kappa shape index (κ2) is 5.12. The third-order valence-electron chi connectivity index (χ3n) is 3.09. The van der Waals surface area contributed by atoms with Gasteiger partial charge >= 0.3 is 0 Å². The normalized spacial score (nSPS) is 18.3. The minimum atomic E-state index is 0.442. The van der Waals surface area contributed by atoms with Gasteiger partial charge in [-0.05, 0) is 36.9 Å². The van der Waals surface area contributed by atoms with Gasteiger partial charge in [0.1, 0.15) is 5.78 Å². The fraction of sp³-hybridized carbons (Fsp3) is 0.583. The lowest BCUT2D eigenvalue weighted by atomic mass is 9.88. The number of carbonyl (C=O) groups is 1. The number of Topliss-reactive ketones (excluding diaryl/α,β-unsaturated/α-hetero) is 1. The maximum Gasteiger partial charge on any atom is 0.132 e. The molecule has 0 saturated heterocycles. The Labute approximate surface area is 90.3 Å². The van der Waals surface area contributed by atoms with E-state index in [0.29, 0.717) is 11.7 Å². The summed E-state index contributed by atoms with van der Waals surface area (Å²) in [6, 6.07) is 2.08. The van der Waals surface area contributed by atoms with E-state index in [1.807, 2.05) is 12.4 Å². The zero-order chi connectivity index (χ0) is 10.5. The molecule has 1 aromatic heterocycles. The van der Waals surface area contributed by atoms with Gasteiger partial charge in [-0.15, -0.1) is 0 Å². The van der Waals surface area contributed by atoms with Gasteiger partial charge in [-0.25, -0.2) is 0 Å². The Hall–Kier alpha value is -1.09. The summed E-state index contributed by atoms with van der Waals surface area (Å²) in [6.07, 6.45) is 7.67. The van der Waals surface area contributed by atoms with E-state index in [-0.39, 0.29) is 0 Å². The minimum Gasteiger partial charge on any atom is -0.367 e. The largest absolute Gasteiger partial charge is 0.367 e. The molecule has 0 unspecified atom stereocenters. The van der Waals surface area contributed by atoms with Crippen LogP contribution in [0, 0.1) is 5.92 Å². The van der Waals surface area contributed by atoms with Crippen molar-refractivity contribution in [2.45, 2.75) is 32.2 Å². The number of nitrogens with one attached hydrogen (secondary N) is 2. The standard InChI is InChI=1S/C12H18N2O/c15-12-3-1-10(2-4-12)7-14-9-11-5-6-13-8-11/h5-6,8,10,13-14H,1-4,7,9H2. The summed E-state index contributed by atoms with van der Waals surface area (Å²) < 4.78 is 0. The molecule has 0 bridgehead atoms. The van der Waals surface area contributed by atoms with Crippen LogP contribution < -0.4 is 5.32 Å². The quantitative estimate of drug-likeness (QED) is 0.789. The van der Waals surface area contributed by atoms with Gasteiger partial charge in [0.05, 0.1) is 0 Å². The van der Waals surface area contributed by atoms with E-state index in [0.717, 1.165) is 38.8 Å². The van der Waals surface area contributed by atoms with Gasteiger partial charge < -0.3 is 10.3 Å². The molecular formula is C12H18N2O. The Morgan fingerprint density at radius 3 is 2.87 bits per heavy atom. The van der Waals surface area contributed by atoms with E-state index >= 15 is 0 Å². The van der Waals surface area contributed by atoms with E-state index < -0.39 is 0 Å². The molecule has 2 rings (SSSR count). The minimum absolute atomic E-state index is 0.442. The highest BCUT2D eigenvalue weighted by atomic mass is 16.1. The highest BCUT2D eigenvalue weighted by molar-refractivity contribution is 5.79. The van der Waals surface area contributed by atoms with E-state index in [4.69, 9.17) is 0 Å². The summed E-state index contributed by atoms with van der Waals surface area (Å²) in [4.78, 5) is 14.1. The van der Waals surface area contributed by atoms with E-state index in [9.17, 15) is 4.79 Å². The molecule has 0 atom stereocenters. The van der Waals surface area contributed by atoms with Crippen molar-refractivity contribution in [2.75, 3.05) is 6.54 Å². The summed E-state index contributed by atoms with van der Waals surface area (Å²) in [5.74, 6) is 1.14. The second-order valence-electron chi connectivity index (χ2n) is 4.33. The molecule has 1 aliphatic rings. The zero-order valence-corrected chi connectivity index (χ0v) is 8.96. The molecule has 1 aromatic rings. The molecule has 3 nitrogen and oxygen atoms in total. The van der Waals surface area contributed by atoms with Crippen LogP contribution in [0.25, 0.3) is 0 Å². The van der Waals surface area contributed by atoms with Gasteiger partial charge in [0.2, 0.25) is 0 Å². The number of rotatable bonds is 4. The number of ketones is 1. The van der Waals surface area contributed by atoms with Crippen LogP contribution in [0.2, 0.25) is 0 Å². The molecule has 82 valence electrons. The Morgan fingerprint density at radius 2 is 2.20 bits per heavy atom. The third kappa shape index (κ3) is 3.20. The van der Waals surface area contributed by atoms with Crippen molar-refractivity contribution in [3.63, 3.8) is 0 Å². The molecule has 15 heavy (non-hydrogen) atoms. The molecule has 0 amide bonds. The first-order valence-corrected chi connectivity index (χ1v) is 5.68. The van der Waals surface area contributed by atoms with Gasteiger partial charge in [-0.3, -0.25) is 4.79 Å². The summed E-state index contributed by atoms with van der Waals surface area (Å²) >= 11 is 0. The molecule has 1 saturated carbocycles. The highest BCUT2D eigenvalue weighted by Crippen LogP contribution is 2.20. The van der Waals surface area contributed by atoms with Crippen molar-refractivity contribution in [3.05, 3.63) is 24.0 Å². The first-order valence-electron chi connectivity index (χ1n) is 5.68. The second-order valence-corrected chi connectivity index (χ2v) is 4.33. The van der Waals surface area contributed by atoms with Crippen LogP contribution in [0.1, 0.15) is 31.2 Å². The van der Waals surface area contributed by atoms with E-state index in [2.05, 4.69) is 16.4 Å². The van der Waals surface area contributed by atoms with Crippen LogP contribution in [-0.4, -0.2) is 17.3 Å². The molecular weight excluding hydrogens is 188 g/mol. The number of H-pyrrole nitrogens is 1. The molecule has 2 N–H and O–H groups in total. The predicted molar refractivity (Wildman–Crippen MR) is 59.5 cm³/mol. The van der Waals surface area contributed by atoms with Crippen LogP contribution in [0.5, 0.6) is 0 Å². The molecule has 1 aliphatic carbocycles. The molecule has 3 heteroatoms. The fourth-order valence-electron chi connectivity index (χ4n) is 2.09. The van der Waals surface area contributed by atoms with Crippen molar-refractivity contribution in [3.8, 4) is 0 Å². The smallest absolute Gasteiger partial charge is 0.132 e.